The maximum Gasteiger partial charge on any atom is 0.322 e. The van der Waals surface area contributed by atoms with Gasteiger partial charge < -0.3 is 10.2 Å². The van der Waals surface area contributed by atoms with Crippen LogP contribution in [0.2, 0.25) is 0 Å². The fourth-order valence-corrected chi connectivity index (χ4v) is 4.21. The maximum absolute atomic E-state index is 12.9. The number of H-pyrrole nitrogens is 1. The van der Waals surface area contributed by atoms with Crippen LogP contribution >= 0.6 is 11.3 Å². The van der Waals surface area contributed by atoms with Crippen molar-refractivity contribution in [3.63, 3.8) is 0 Å². The van der Waals surface area contributed by atoms with Gasteiger partial charge in [0.25, 0.3) is 0 Å². The van der Waals surface area contributed by atoms with E-state index in [1.165, 1.54) is 11.3 Å². The number of benzene rings is 1. The quantitative estimate of drug-likeness (QED) is 0.742. The van der Waals surface area contributed by atoms with Crippen molar-refractivity contribution in [1.29, 1.82) is 0 Å². The molecule has 3 aromatic rings. The highest BCUT2D eigenvalue weighted by molar-refractivity contribution is 7.09. The average molecular weight is 355 g/mol. The summed E-state index contributed by atoms with van der Waals surface area (Å²) < 4.78 is 0. The van der Waals surface area contributed by atoms with E-state index in [4.69, 9.17) is 0 Å². The zero-order valence-electron chi connectivity index (χ0n) is 13.9. The molecule has 2 aromatic heterocycles. The zero-order chi connectivity index (χ0) is 17.1. The number of aromatic amines is 1. The van der Waals surface area contributed by atoms with Gasteiger partial charge in [0.15, 0.2) is 0 Å². The summed E-state index contributed by atoms with van der Waals surface area (Å²) in [5.74, 6) is 0. The molecule has 1 atom stereocenters. The van der Waals surface area contributed by atoms with Gasteiger partial charge in [0.2, 0.25) is 0 Å². The molecule has 0 saturated carbocycles. The number of carbonyl (C=O) groups excluding carboxylic acids is 1. The van der Waals surface area contributed by atoms with E-state index in [1.807, 2.05) is 23.1 Å². The Kier molecular flexibility index (Phi) is 4.65. The number of anilines is 1. The van der Waals surface area contributed by atoms with Gasteiger partial charge in [-0.15, -0.1) is 11.3 Å². The van der Waals surface area contributed by atoms with Gasteiger partial charge in [-0.3, -0.25) is 0 Å². The van der Waals surface area contributed by atoms with Crippen LogP contribution in [0.5, 0.6) is 0 Å². The summed E-state index contributed by atoms with van der Waals surface area (Å²) in [6, 6.07) is 10.1. The molecule has 1 saturated heterocycles. The summed E-state index contributed by atoms with van der Waals surface area (Å²) in [5, 5.41) is 16.0. The number of para-hydroxylation sites is 1. The minimum absolute atomic E-state index is 0.0358. The summed E-state index contributed by atoms with van der Waals surface area (Å²) in [6.45, 7) is 0.815. The Labute approximate surface area is 150 Å². The van der Waals surface area contributed by atoms with Crippen molar-refractivity contribution in [2.24, 2.45) is 0 Å². The fraction of sp³-hybridized carbons (Fsp3) is 0.389. The molecule has 25 heavy (non-hydrogen) atoms. The standard InChI is InChI=1S/C18H21N5OS/c24-18(19-15-7-3-8-16-17(15)21-22-20-16)23-11-2-1-5-13(23)9-10-14-6-4-12-25-14/h3-4,6-8,12-13H,1-2,5,9-11H2,(H,19,24)(H,20,21,22)/t13-/m0/s1. The SMILES string of the molecule is O=C(Nc1cccc2n[nH]nc12)N1CCCC[C@H]1CCc1cccs1. The molecule has 2 amide bonds. The Balaban J connectivity index is 1.46. The number of rotatable bonds is 4. The number of nitrogens with zero attached hydrogens (tertiary/aromatic N) is 3. The van der Waals surface area contributed by atoms with Gasteiger partial charge in [-0.1, -0.05) is 12.1 Å². The van der Waals surface area contributed by atoms with Crippen LogP contribution in [-0.4, -0.2) is 38.9 Å². The Hall–Kier alpha value is -2.41. The molecular formula is C18H21N5OS. The summed E-state index contributed by atoms with van der Waals surface area (Å²) >= 11 is 1.79. The van der Waals surface area contributed by atoms with Crippen molar-refractivity contribution in [3.05, 3.63) is 40.6 Å². The molecule has 1 fully saturated rings. The van der Waals surface area contributed by atoms with Crippen molar-refractivity contribution in [3.8, 4) is 0 Å². The first-order valence-corrected chi connectivity index (χ1v) is 9.59. The van der Waals surface area contributed by atoms with E-state index in [1.54, 1.807) is 11.3 Å². The number of hydrogen-bond acceptors (Lipinski definition) is 4. The molecule has 130 valence electrons. The zero-order valence-corrected chi connectivity index (χ0v) is 14.8. The lowest BCUT2D eigenvalue weighted by molar-refractivity contribution is 0.158. The molecule has 2 N–H and O–H groups in total. The number of urea groups is 1. The van der Waals surface area contributed by atoms with Gasteiger partial charge in [-0.05, 0) is 55.7 Å². The molecule has 7 heteroatoms. The highest BCUT2D eigenvalue weighted by Gasteiger charge is 2.27. The van der Waals surface area contributed by atoms with Gasteiger partial charge >= 0.3 is 6.03 Å². The van der Waals surface area contributed by atoms with Crippen LogP contribution in [0.25, 0.3) is 11.0 Å². The highest BCUT2D eigenvalue weighted by atomic mass is 32.1. The van der Waals surface area contributed by atoms with Crippen LogP contribution in [0.4, 0.5) is 10.5 Å². The molecule has 0 spiro atoms. The van der Waals surface area contributed by atoms with Crippen LogP contribution in [0.3, 0.4) is 0 Å². The van der Waals surface area contributed by atoms with Gasteiger partial charge in [0, 0.05) is 17.5 Å². The van der Waals surface area contributed by atoms with Crippen molar-refractivity contribution in [2.75, 3.05) is 11.9 Å². The third kappa shape index (κ3) is 3.51. The first-order chi connectivity index (χ1) is 12.3. The molecule has 0 radical (unpaired) electrons. The Morgan fingerprint density at radius 2 is 2.24 bits per heavy atom. The first-order valence-electron chi connectivity index (χ1n) is 8.71. The molecular weight excluding hydrogens is 334 g/mol. The Morgan fingerprint density at radius 3 is 3.12 bits per heavy atom. The summed E-state index contributed by atoms with van der Waals surface area (Å²) in [5.41, 5.74) is 2.16. The number of aromatic nitrogens is 3. The van der Waals surface area contributed by atoms with Crippen molar-refractivity contribution >= 4 is 34.1 Å². The molecule has 0 bridgehead atoms. The maximum atomic E-state index is 12.9. The average Bonchev–Trinajstić information content (AvgIpc) is 3.32. The summed E-state index contributed by atoms with van der Waals surface area (Å²) in [6.07, 6.45) is 5.38. The molecule has 1 aliphatic rings. The van der Waals surface area contributed by atoms with Gasteiger partial charge in [0.05, 0.1) is 5.69 Å². The lowest BCUT2D eigenvalue weighted by Gasteiger charge is -2.35. The molecule has 0 aliphatic carbocycles. The molecule has 4 rings (SSSR count). The van der Waals surface area contributed by atoms with Crippen LogP contribution in [-0.2, 0) is 6.42 Å². The predicted octanol–water partition coefficient (Wildman–Crippen LogP) is 4.04. The normalized spacial score (nSPS) is 17.8. The van der Waals surface area contributed by atoms with Gasteiger partial charge in [0.1, 0.15) is 11.0 Å². The lowest BCUT2D eigenvalue weighted by Crippen LogP contribution is -2.46. The number of amides is 2. The van der Waals surface area contributed by atoms with E-state index in [2.05, 4.69) is 38.2 Å². The highest BCUT2D eigenvalue weighted by Crippen LogP contribution is 2.25. The second kappa shape index (κ2) is 7.23. The number of piperidine rings is 1. The van der Waals surface area contributed by atoms with E-state index in [-0.39, 0.29) is 6.03 Å². The van der Waals surface area contributed by atoms with E-state index < -0.39 is 0 Å². The lowest BCUT2D eigenvalue weighted by atomic mass is 9.98. The summed E-state index contributed by atoms with van der Waals surface area (Å²) in [4.78, 5) is 16.2. The van der Waals surface area contributed by atoms with E-state index >= 15 is 0 Å². The molecule has 6 nitrogen and oxygen atoms in total. The second-order valence-corrected chi connectivity index (χ2v) is 7.42. The van der Waals surface area contributed by atoms with Crippen molar-refractivity contribution in [1.82, 2.24) is 20.3 Å². The smallest absolute Gasteiger partial charge is 0.322 e. The minimum atomic E-state index is -0.0358. The molecule has 3 heterocycles. The van der Waals surface area contributed by atoms with E-state index in [0.29, 0.717) is 17.2 Å². The number of thiophene rings is 1. The van der Waals surface area contributed by atoms with Crippen molar-refractivity contribution in [2.45, 2.75) is 38.1 Å². The predicted molar refractivity (Wildman–Crippen MR) is 99.9 cm³/mol. The van der Waals surface area contributed by atoms with E-state index in [0.717, 1.165) is 37.7 Å². The number of nitrogens with one attached hydrogen (secondary N) is 2. The topological polar surface area (TPSA) is 73.9 Å². The van der Waals surface area contributed by atoms with Crippen LogP contribution in [0, 0.1) is 0 Å². The number of hydrogen-bond donors (Lipinski definition) is 2. The third-order valence-corrected chi connectivity index (χ3v) is 5.72. The minimum Gasteiger partial charge on any atom is -0.322 e. The monoisotopic (exact) mass is 355 g/mol. The number of carbonyl (C=O) groups is 1. The van der Waals surface area contributed by atoms with Gasteiger partial charge in [-0.25, -0.2) is 4.79 Å². The summed E-state index contributed by atoms with van der Waals surface area (Å²) in [7, 11) is 0. The first kappa shape index (κ1) is 16.1. The van der Waals surface area contributed by atoms with Gasteiger partial charge in [-0.2, -0.15) is 15.4 Å². The van der Waals surface area contributed by atoms with Crippen LogP contribution < -0.4 is 5.32 Å². The largest absolute Gasteiger partial charge is 0.322 e. The van der Waals surface area contributed by atoms with Crippen LogP contribution in [0.15, 0.2) is 35.7 Å². The number of likely N-dealkylation sites (tertiary alicyclic amines) is 1. The van der Waals surface area contributed by atoms with Crippen LogP contribution in [0.1, 0.15) is 30.6 Å². The van der Waals surface area contributed by atoms with E-state index in [9.17, 15) is 4.79 Å². The van der Waals surface area contributed by atoms with Crippen molar-refractivity contribution < 1.29 is 4.79 Å². The second-order valence-electron chi connectivity index (χ2n) is 6.39. The molecule has 1 aliphatic heterocycles. The fourth-order valence-electron chi connectivity index (χ4n) is 3.49. The Morgan fingerprint density at radius 1 is 1.28 bits per heavy atom. The molecule has 1 aromatic carbocycles. The third-order valence-electron chi connectivity index (χ3n) is 4.78. The Bertz CT molecular complexity index is 844. The number of aryl methyl sites for hydroxylation is 1. The molecule has 0 unspecified atom stereocenters. The number of fused-ring (bicyclic) bond motifs is 1.